The maximum atomic E-state index is 13.4. The summed E-state index contributed by atoms with van der Waals surface area (Å²) in [5, 5.41) is 4.00. The molecule has 0 spiro atoms. The summed E-state index contributed by atoms with van der Waals surface area (Å²) in [4.78, 5) is 28.0. The molecule has 1 aromatic rings. The largest absolute Gasteiger partial charge is 0.493 e. The van der Waals surface area contributed by atoms with Gasteiger partial charge in [0.1, 0.15) is 6.04 Å². The molecule has 0 fully saturated rings. The Kier molecular flexibility index (Phi) is 8.52. The van der Waals surface area contributed by atoms with Gasteiger partial charge < -0.3 is 24.1 Å². The summed E-state index contributed by atoms with van der Waals surface area (Å²) < 4.78 is 17.7. The third-order valence-corrected chi connectivity index (χ3v) is 11.9. The number of alkyl halides is 1. The van der Waals surface area contributed by atoms with E-state index in [1.807, 2.05) is 0 Å². The number of hydrogen-bond donors (Lipinski definition) is 1. The number of nitrogens with zero attached hydrogens (tertiary/aromatic N) is 1. The number of rotatable bonds is 10. The van der Waals surface area contributed by atoms with E-state index in [-0.39, 0.29) is 16.9 Å². The molecule has 2 aliphatic rings. The van der Waals surface area contributed by atoms with Gasteiger partial charge in [0.2, 0.25) is 5.91 Å². The van der Waals surface area contributed by atoms with E-state index < -0.39 is 14.4 Å². The molecule has 9 heteroatoms. The van der Waals surface area contributed by atoms with Gasteiger partial charge in [0.15, 0.2) is 19.8 Å². The Morgan fingerprint density at radius 3 is 2.53 bits per heavy atom. The van der Waals surface area contributed by atoms with Crippen molar-refractivity contribution in [1.29, 1.82) is 0 Å². The van der Waals surface area contributed by atoms with Crippen LogP contribution in [-0.4, -0.2) is 56.7 Å². The molecule has 7 nitrogen and oxygen atoms in total. The Labute approximate surface area is 212 Å². The molecule has 0 aliphatic carbocycles. The van der Waals surface area contributed by atoms with Gasteiger partial charge in [0.05, 0.1) is 31.6 Å². The fourth-order valence-corrected chi connectivity index (χ4v) is 5.09. The zero-order valence-corrected chi connectivity index (χ0v) is 23.7. The van der Waals surface area contributed by atoms with Crippen molar-refractivity contribution in [1.82, 2.24) is 4.90 Å². The monoisotopic (exact) mass is 552 g/mol. The lowest BCUT2D eigenvalue weighted by molar-refractivity contribution is -0.119. The molecule has 1 atom stereocenters. The molecule has 1 N–H and O–H groups in total. The van der Waals surface area contributed by atoms with Gasteiger partial charge in [0.25, 0.3) is 5.91 Å². The van der Waals surface area contributed by atoms with Crippen molar-refractivity contribution in [2.75, 3.05) is 31.0 Å². The van der Waals surface area contributed by atoms with Gasteiger partial charge in [-0.1, -0.05) is 36.7 Å². The number of unbranched alkanes of at least 4 members (excludes halogenated alkanes) is 2. The maximum absolute atomic E-state index is 13.4. The number of amides is 2. The van der Waals surface area contributed by atoms with Crippen molar-refractivity contribution < 1.29 is 23.5 Å². The number of fused-ring (bicyclic) bond motifs is 2. The SMILES string of the molecule is COc1cc2c(cc1OCCCCCBr)NC(=O)C1CC(CO[Si](C)(C)C(C)(C)C)=CN1C2=O. The second kappa shape index (κ2) is 10.8. The topological polar surface area (TPSA) is 77.1 Å². The minimum Gasteiger partial charge on any atom is -0.493 e. The molecule has 34 heavy (non-hydrogen) atoms. The molecular formula is C25H37BrN2O5Si. The van der Waals surface area contributed by atoms with Gasteiger partial charge in [0, 0.05) is 24.0 Å². The number of ether oxygens (including phenoxy) is 2. The smallest absolute Gasteiger partial charge is 0.260 e. The van der Waals surface area contributed by atoms with Crippen molar-refractivity contribution in [2.45, 2.75) is 70.6 Å². The highest BCUT2D eigenvalue weighted by atomic mass is 79.9. The third-order valence-electron chi connectivity index (χ3n) is 6.90. The van der Waals surface area contributed by atoms with Gasteiger partial charge in [-0.05, 0) is 49.0 Å². The molecule has 0 saturated carbocycles. The highest BCUT2D eigenvalue weighted by Crippen LogP contribution is 2.40. The van der Waals surface area contributed by atoms with E-state index in [0.717, 1.165) is 30.2 Å². The molecule has 2 heterocycles. The van der Waals surface area contributed by atoms with E-state index in [9.17, 15) is 9.59 Å². The van der Waals surface area contributed by atoms with Crippen molar-refractivity contribution in [3.63, 3.8) is 0 Å². The summed E-state index contributed by atoms with van der Waals surface area (Å²) >= 11 is 3.43. The van der Waals surface area contributed by atoms with Crippen LogP contribution in [0.25, 0.3) is 0 Å². The van der Waals surface area contributed by atoms with Crippen LogP contribution in [0, 0.1) is 0 Å². The normalized spacial score (nSPS) is 18.1. The maximum Gasteiger partial charge on any atom is 0.260 e. The van der Waals surface area contributed by atoms with Gasteiger partial charge in [-0.15, -0.1) is 0 Å². The first-order valence-electron chi connectivity index (χ1n) is 11.9. The minimum absolute atomic E-state index is 0.0903. The molecule has 2 aliphatic heterocycles. The average molecular weight is 554 g/mol. The first-order valence-corrected chi connectivity index (χ1v) is 15.9. The number of nitrogens with one attached hydrogen (secondary N) is 1. The molecule has 3 rings (SSSR count). The van der Waals surface area contributed by atoms with E-state index in [1.165, 1.54) is 4.90 Å². The summed E-state index contributed by atoms with van der Waals surface area (Å²) in [7, 11) is -0.388. The number of carbonyl (C=O) groups is 2. The lowest BCUT2D eigenvalue weighted by Gasteiger charge is -2.36. The Morgan fingerprint density at radius 2 is 1.88 bits per heavy atom. The number of benzene rings is 1. The van der Waals surface area contributed by atoms with Crippen molar-refractivity contribution in [2.24, 2.45) is 0 Å². The van der Waals surface area contributed by atoms with Crippen LogP contribution in [0.15, 0.2) is 23.9 Å². The van der Waals surface area contributed by atoms with Crippen molar-refractivity contribution >= 4 is 41.7 Å². The molecule has 0 bridgehead atoms. The number of anilines is 1. The second-order valence-corrected chi connectivity index (χ2v) is 16.0. The average Bonchev–Trinajstić information content (AvgIpc) is 3.17. The number of hydrogen-bond acceptors (Lipinski definition) is 5. The van der Waals surface area contributed by atoms with Crippen molar-refractivity contribution in [3.8, 4) is 11.5 Å². The fourth-order valence-electron chi connectivity index (χ4n) is 3.71. The molecule has 1 aromatic carbocycles. The van der Waals surface area contributed by atoms with Crippen LogP contribution < -0.4 is 14.8 Å². The van der Waals surface area contributed by atoms with E-state index in [1.54, 1.807) is 25.4 Å². The molecule has 0 radical (unpaired) electrons. The Morgan fingerprint density at radius 1 is 1.15 bits per heavy atom. The molecule has 188 valence electrons. The van der Waals surface area contributed by atoms with Gasteiger partial charge in [-0.2, -0.15) is 0 Å². The first kappa shape index (κ1) is 26.8. The van der Waals surface area contributed by atoms with Crippen LogP contribution in [-0.2, 0) is 9.22 Å². The fraction of sp³-hybridized carbons (Fsp3) is 0.600. The quantitative estimate of drug-likeness (QED) is 0.228. The van der Waals surface area contributed by atoms with Gasteiger partial charge in [-0.3, -0.25) is 9.59 Å². The van der Waals surface area contributed by atoms with E-state index >= 15 is 0 Å². The molecule has 2 amide bonds. The number of methoxy groups -OCH3 is 1. The number of halogens is 1. The minimum atomic E-state index is -1.94. The van der Waals surface area contributed by atoms with Crippen LogP contribution in [0.3, 0.4) is 0 Å². The zero-order valence-electron chi connectivity index (χ0n) is 21.1. The summed E-state index contributed by atoms with van der Waals surface area (Å²) in [5.41, 5.74) is 1.80. The predicted molar refractivity (Wildman–Crippen MR) is 141 cm³/mol. The highest BCUT2D eigenvalue weighted by molar-refractivity contribution is 9.09. The van der Waals surface area contributed by atoms with E-state index in [4.69, 9.17) is 13.9 Å². The molecule has 1 unspecified atom stereocenters. The third kappa shape index (κ3) is 5.86. The Bertz CT molecular complexity index is 957. The van der Waals surface area contributed by atoms with Crippen LogP contribution in [0.4, 0.5) is 5.69 Å². The summed E-state index contributed by atoms with van der Waals surface area (Å²) in [5.74, 6) is 0.557. The van der Waals surface area contributed by atoms with E-state index in [0.29, 0.717) is 42.4 Å². The summed E-state index contributed by atoms with van der Waals surface area (Å²) in [6, 6.07) is 2.77. The zero-order chi connectivity index (χ0) is 25.1. The summed E-state index contributed by atoms with van der Waals surface area (Å²) in [6.45, 7) is 11.9. The van der Waals surface area contributed by atoms with Crippen LogP contribution in [0.5, 0.6) is 11.5 Å². The molecule has 0 saturated heterocycles. The first-order chi connectivity index (χ1) is 16.0. The van der Waals surface area contributed by atoms with Gasteiger partial charge >= 0.3 is 0 Å². The Hall–Kier alpha value is -1.84. The van der Waals surface area contributed by atoms with Crippen LogP contribution in [0.2, 0.25) is 18.1 Å². The van der Waals surface area contributed by atoms with Crippen LogP contribution >= 0.6 is 15.9 Å². The van der Waals surface area contributed by atoms with Crippen LogP contribution in [0.1, 0.15) is 56.8 Å². The lowest BCUT2D eigenvalue weighted by atomic mass is 10.1. The standard InChI is InChI=1S/C25H37BrN2O5Si/c1-25(2,3)34(5,6)33-16-17-12-20-23(29)27-19-14-22(32-11-9-7-8-10-26)21(31-4)13-18(19)24(30)28(20)15-17/h13-15,20H,7-12,16H2,1-6H3,(H,27,29). The highest BCUT2D eigenvalue weighted by Gasteiger charge is 2.41. The summed E-state index contributed by atoms with van der Waals surface area (Å²) in [6.07, 6.45) is 5.31. The Balaban J connectivity index is 1.79. The second-order valence-electron chi connectivity index (χ2n) is 10.4. The van der Waals surface area contributed by atoms with Crippen molar-refractivity contribution in [3.05, 3.63) is 29.5 Å². The number of carbonyl (C=O) groups excluding carboxylic acids is 2. The molecular weight excluding hydrogens is 516 g/mol. The predicted octanol–water partition coefficient (Wildman–Crippen LogP) is 5.71. The van der Waals surface area contributed by atoms with Gasteiger partial charge in [-0.25, -0.2) is 0 Å². The lowest BCUT2D eigenvalue weighted by Crippen LogP contribution is -2.41. The van der Waals surface area contributed by atoms with E-state index in [2.05, 4.69) is 55.1 Å². The molecule has 0 aromatic heterocycles.